The van der Waals surface area contributed by atoms with Crippen molar-refractivity contribution in [2.24, 2.45) is 0 Å². The van der Waals surface area contributed by atoms with Crippen LogP contribution in [0.4, 0.5) is 11.4 Å². The van der Waals surface area contributed by atoms with Crippen LogP contribution in [0.3, 0.4) is 0 Å². The average Bonchev–Trinajstić information content (AvgIpc) is 3.15. The van der Waals surface area contributed by atoms with Crippen LogP contribution in [0.5, 0.6) is 17.2 Å². The van der Waals surface area contributed by atoms with E-state index in [-0.39, 0.29) is 24.1 Å². The van der Waals surface area contributed by atoms with Gasteiger partial charge in [-0.3, -0.25) is 19.8 Å². The van der Waals surface area contributed by atoms with Crippen molar-refractivity contribution >= 4 is 17.3 Å². The van der Waals surface area contributed by atoms with Gasteiger partial charge in [-0.05, 0) is 37.7 Å². The number of hydrogen-bond donors (Lipinski definition) is 1. The smallest absolute Gasteiger partial charge is 0.273 e. The van der Waals surface area contributed by atoms with Crippen LogP contribution in [-0.4, -0.2) is 42.7 Å². The van der Waals surface area contributed by atoms with Crippen molar-refractivity contribution in [3.05, 3.63) is 52.1 Å². The third-order valence-electron chi connectivity index (χ3n) is 4.56. The third kappa shape index (κ3) is 4.15. The Morgan fingerprint density at radius 3 is 2.75 bits per heavy atom. The molecule has 1 heterocycles. The molecule has 0 fully saturated rings. The van der Waals surface area contributed by atoms with Gasteiger partial charge in [0.05, 0.1) is 29.8 Å². The second-order valence-corrected chi connectivity index (χ2v) is 6.41. The number of non-ortho nitro benzene ring substituents is 1. The lowest BCUT2D eigenvalue weighted by atomic mass is 10.1. The first-order valence-corrected chi connectivity index (χ1v) is 8.61. The first-order valence-electron chi connectivity index (χ1n) is 8.61. The monoisotopic (exact) mass is 387 g/mol. The Hall–Kier alpha value is -3.33. The van der Waals surface area contributed by atoms with Crippen LogP contribution in [0.2, 0.25) is 0 Å². The number of amides is 1. The highest BCUT2D eigenvalue weighted by atomic mass is 16.7. The van der Waals surface area contributed by atoms with E-state index in [0.29, 0.717) is 23.7 Å². The van der Waals surface area contributed by atoms with E-state index in [1.807, 2.05) is 30.1 Å². The normalized spacial score (nSPS) is 13.3. The van der Waals surface area contributed by atoms with Crippen LogP contribution in [0, 0.1) is 10.1 Å². The zero-order chi connectivity index (χ0) is 20.3. The molecule has 1 N–H and O–H groups in total. The van der Waals surface area contributed by atoms with Gasteiger partial charge in [0.1, 0.15) is 5.75 Å². The average molecular weight is 387 g/mol. The Morgan fingerprint density at radius 1 is 1.29 bits per heavy atom. The largest absolute Gasteiger partial charge is 0.494 e. The molecular formula is C19H21N3O6. The summed E-state index contributed by atoms with van der Waals surface area (Å²) >= 11 is 0. The standard InChI is InChI=1S/C19H21N3O6/c1-12(21(2)10-13-4-7-16-18(8-13)28-11-27-16)19(23)20-15-6-5-14(22(24)25)9-17(15)26-3/h4-9,12H,10-11H2,1-3H3,(H,20,23)/t12-/m0/s1. The third-order valence-corrected chi connectivity index (χ3v) is 4.56. The summed E-state index contributed by atoms with van der Waals surface area (Å²) in [5, 5.41) is 13.6. The molecule has 1 atom stereocenters. The van der Waals surface area contributed by atoms with Crippen molar-refractivity contribution in [1.29, 1.82) is 0 Å². The Kier molecular flexibility index (Phi) is 5.65. The predicted molar refractivity (Wildman–Crippen MR) is 102 cm³/mol. The minimum atomic E-state index is -0.518. The van der Waals surface area contributed by atoms with E-state index in [0.717, 1.165) is 5.56 Å². The number of rotatable bonds is 7. The maximum Gasteiger partial charge on any atom is 0.273 e. The molecule has 1 amide bonds. The van der Waals surface area contributed by atoms with Crippen molar-refractivity contribution < 1.29 is 23.9 Å². The molecular weight excluding hydrogens is 366 g/mol. The number of nitrogens with one attached hydrogen (secondary N) is 1. The number of nitro groups is 1. The SMILES string of the molecule is COc1cc([N+](=O)[O-])ccc1NC(=O)[C@H](C)N(C)Cc1ccc2c(c1)OCO2. The van der Waals surface area contributed by atoms with Crippen LogP contribution in [0.25, 0.3) is 0 Å². The van der Waals surface area contributed by atoms with Crippen LogP contribution >= 0.6 is 0 Å². The fourth-order valence-corrected chi connectivity index (χ4v) is 2.80. The van der Waals surface area contributed by atoms with Gasteiger partial charge in [-0.1, -0.05) is 6.07 Å². The molecule has 3 rings (SSSR count). The van der Waals surface area contributed by atoms with Crippen molar-refractivity contribution in [2.45, 2.75) is 19.5 Å². The molecule has 0 saturated heterocycles. The van der Waals surface area contributed by atoms with Gasteiger partial charge in [0.2, 0.25) is 12.7 Å². The van der Waals surface area contributed by atoms with Gasteiger partial charge in [-0.15, -0.1) is 0 Å². The number of likely N-dealkylation sites (N-methyl/N-ethyl adjacent to an activating group) is 1. The summed E-state index contributed by atoms with van der Waals surface area (Å²) in [6.07, 6.45) is 0. The molecule has 0 aliphatic carbocycles. The Labute approximate surface area is 162 Å². The van der Waals surface area contributed by atoms with Gasteiger partial charge in [0.25, 0.3) is 5.69 Å². The van der Waals surface area contributed by atoms with Crippen LogP contribution in [0.15, 0.2) is 36.4 Å². The molecule has 0 unspecified atom stereocenters. The molecule has 0 radical (unpaired) electrons. The first-order chi connectivity index (χ1) is 13.4. The maximum atomic E-state index is 12.6. The molecule has 2 aromatic carbocycles. The summed E-state index contributed by atoms with van der Waals surface area (Å²) < 4.78 is 15.8. The minimum Gasteiger partial charge on any atom is -0.494 e. The van der Waals surface area contributed by atoms with E-state index < -0.39 is 11.0 Å². The van der Waals surface area contributed by atoms with Gasteiger partial charge >= 0.3 is 0 Å². The second kappa shape index (κ2) is 8.13. The van der Waals surface area contributed by atoms with Gasteiger partial charge < -0.3 is 19.5 Å². The topological polar surface area (TPSA) is 103 Å². The molecule has 1 aliphatic rings. The van der Waals surface area contributed by atoms with Crippen LogP contribution in [-0.2, 0) is 11.3 Å². The van der Waals surface area contributed by atoms with Gasteiger partial charge in [0.15, 0.2) is 11.5 Å². The Bertz CT molecular complexity index is 901. The van der Waals surface area contributed by atoms with E-state index in [1.54, 1.807) is 6.92 Å². The molecule has 1 aliphatic heterocycles. The number of anilines is 1. The summed E-state index contributed by atoms with van der Waals surface area (Å²) in [6.45, 7) is 2.52. The molecule has 28 heavy (non-hydrogen) atoms. The van der Waals surface area contributed by atoms with Crippen LogP contribution < -0.4 is 19.5 Å². The number of ether oxygens (including phenoxy) is 3. The Morgan fingerprint density at radius 2 is 2.04 bits per heavy atom. The highest BCUT2D eigenvalue weighted by Gasteiger charge is 2.21. The van der Waals surface area contributed by atoms with Crippen molar-refractivity contribution in [3.63, 3.8) is 0 Å². The number of methoxy groups -OCH3 is 1. The van der Waals surface area contributed by atoms with Crippen molar-refractivity contribution in [2.75, 3.05) is 26.3 Å². The van der Waals surface area contributed by atoms with Crippen LogP contribution in [0.1, 0.15) is 12.5 Å². The van der Waals surface area contributed by atoms with Gasteiger partial charge in [-0.2, -0.15) is 0 Å². The summed E-state index contributed by atoms with van der Waals surface area (Å²) in [5.41, 5.74) is 1.25. The predicted octanol–water partition coefficient (Wildman–Crippen LogP) is 2.79. The second-order valence-electron chi connectivity index (χ2n) is 6.41. The summed E-state index contributed by atoms with van der Waals surface area (Å²) in [4.78, 5) is 24.9. The number of benzene rings is 2. The summed E-state index contributed by atoms with van der Waals surface area (Å²) in [7, 11) is 3.23. The molecule has 0 bridgehead atoms. The number of hydrogen-bond acceptors (Lipinski definition) is 7. The summed E-state index contributed by atoms with van der Waals surface area (Å²) in [5.74, 6) is 1.38. The lowest BCUT2D eigenvalue weighted by Crippen LogP contribution is -2.39. The quantitative estimate of drug-likeness (QED) is 0.575. The molecule has 0 aromatic heterocycles. The first kappa shape index (κ1) is 19.4. The van der Waals surface area contributed by atoms with E-state index in [2.05, 4.69) is 5.32 Å². The number of carbonyl (C=O) groups excluding carboxylic acids is 1. The van der Waals surface area contributed by atoms with Crippen molar-refractivity contribution in [3.8, 4) is 17.2 Å². The highest BCUT2D eigenvalue weighted by molar-refractivity contribution is 5.96. The Balaban J connectivity index is 1.66. The van der Waals surface area contributed by atoms with Gasteiger partial charge in [-0.25, -0.2) is 0 Å². The molecule has 0 spiro atoms. The lowest BCUT2D eigenvalue weighted by molar-refractivity contribution is -0.384. The van der Waals surface area contributed by atoms with E-state index in [1.165, 1.54) is 25.3 Å². The fraction of sp³-hybridized carbons (Fsp3) is 0.316. The molecule has 148 valence electrons. The maximum absolute atomic E-state index is 12.6. The van der Waals surface area contributed by atoms with E-state index in [9.17, 15) is 14.9 Å². The van der Waals surface area contributed by atoms with Gasteiger partial charge in [0, 0.05) is 12.6 Å². The highest BCUT2D eigenvalue weighted by Crippen LogP contribution is 2.33. The molecule has 9 heteroatoms. The molecule has 0 saturated carbocycles. The summed E-state index contributed by atoms with van der Waals surface area (Å²) in [6, 6.07) is 9.26. The minimum absolute atomic E-state index is 0.108. The number of nitrogens with zero attached hydrogens (tertiary/aromatic N) is 2. The molecule has 9 nitrogen and oxygen atoms in total. The van der Waals surface area contributed by atoms with E-state index >= 15 is 0 Å². The van der Waals surface area contributed by atoms with Crippen molar-refractivity contribution in [1.82, 2.24) is 4.90 Å². The lowest BCUT2D eigenvalue weighted by Gasteiger charge is -2.24. The number of carbonyl (C=O) groups is 1. The van der Waals surface area contributed by atoms with E-state index in [4.69, 9.17) is 14.2 Å². The fourth-order valence-electron chi connectivity index (χ4n) is 2.80. The zero-order valence-corrected chi connectivity index (χ0v) is 15.8. The number of nitro benzene ring substituents is 1. The molecule has 2 aromatic rings. The number of fused-ring (bicyclic) bond motifs is 1. The zero-order valence-electron chi connectivity index (χ0n) is 15.8.